The number of allylic oxidation sites excluding steroid dienone is 1. The molecule has 1 atom stereocenters. The van der Waals surface area contributed by atoms with Crippen molar-refractivity contribution in [3.8, 4) is 0 Å². The van der Waals surface area contributed by atoms with Crippen LogP contribution in [-0.2, 0) is 19.1 Å². The van der Waals surface area contributed by atoms with Gasteiger partial charge < -0.3 is 25.0 Å². The third kappa shape index (κ3) is 5.30. The molecule has 8 heteroatoms. The zero-order chi connectivity index (χ0) is 20.8. The van der Waals surface area contributed by atoms with Gasteiger partial charge in [-0.2, -0.15) is 0 Å². The highest BCUT2D eigenvalue weighted by Gasteiger charge is 2.33. The van der Waals surface area contributed by atoms with Gasteiger partial charge in [0.25, 0.3) is 0 Å². The molecule has 1 aromatic carbocycles. The summed E-state index contributed by atoms with van der Waals surface area (Å²) in [5.74, 6) is -0.403. The molecule has 1 aliphatic rings. The molecular weight excluding hydrogens is 378 g/mol. The van der Waals surface area contributed by atoms with Gasteiger partial charge in [-0.05, 0) is 42.8 Å². The van der Waals surface area contributed by atoms with E-state index in [9.17, 15) is 9.59 Å². The molecular formula is C20H27N3O4S. The Labute approximate surface area is 171 Å². The summed E-state index contributed by atoms with van der Waals surface area (Å²) in [6, 6.07) is 6.80. The van der Waals surface area contributed by atoms with E-state index in [1.165, 1.54) is 7.11 Å². The molecule has 0 saturated carbocycles. The van der Waals surface area contributed by atoms with Crippen molar-refractivity contribution < 1.29 is 19.1 Å². The third-order valence-corrected chi connectivity index (χ3v) is 4.69. The first-order chi connectivity index (χ1) is 13.2. The molecule has 0 saturated heterocycles. The summed E-state index contributed by atoms with van der Waals surface area (Å²) >= 11 is 5.41. The Morgan fingerprint density at radius 3 is 2.71 bits per heavy atom. The lowest BCUT2D eigenvalue weighted by Crippen LogP contribution is -2.46. The largest absolute Gasteiger partial charge is 0.462 e. The number of nitrogens with zero attached hydrogens (tertiary/aromatic N) is 1. The van der Waals surface area contributed by atoms with Crippen LogP contribution >= 0.6 is 12.2 Å². The zero-order valence-electron chi connectivity index (χ0n) is 16.9. The van der Waals surface area contributed by atoms with Crippen LogP contribution in [0.5, 0.6) is 0 Å². The Bertz CT molecular complexity index is 791. The normalized spacial score (nSPS) is 16.9. The van der Waals surface area contributed by atoms with Crippen LogP contribution in [0.2, 0.25) is 0 Å². The molecule has 1 heterocycles. The van der Waals surface area contributed by atoms with Crippen molar-refractivity contribution in [2.75, 3.05) is 32.7 Å². The molecule has 28 heavy (non-hydrogen) atoms. The lowest BCUT2D eigenvalue weighted by Gasteiger charge is -2.35. The van der Waals surface area contributed by atoms with Crippen LogP contribution in [-0.4, -0.2) is 49.3 Å². The molecule has 0 fully saturated rings. The highest BCUT2D eigenvalue weighted by atomic mass is 32.1. The van der Waals surface area contributed by atoms with Gasteiger partial charge in [0.2, 0.25) is 5.91 Å². The van der Waals surface area contributed by atoms with Gasteiger partial charge in [0.1, 0.15) is 6.61 Å². The SMILES string of the molecule is COCC(=O)Nc1cccc([C@H]2NC(=S)N(C)C(C)=C2C(=O)OCC(C)C)c1. The molecule has 0 spiro atoms. The van der Waals surface area contributed by atoms with Gasteiger partial charge >= 0.3 is 5.97 Å². The minimum absolute atomic E-state index is 0.0351. The predicted molar refractivity (Wildman–Crippen MR) is 112 cm³/mol. The summed E-state index contributed by atoms with van der Waals surface area (Å²) in [5, 5.41) is 6.48. The van der Waals surface area contributed by atoms with Crippen molar-refractivity contribution >= 4 is 34.9 Å². The second kappa shape index (κ2) is 9.66. The van der Waals surface area contributed by atoms with Crippen LogP contribution in [0.1, 0.15) is 32.4 Å². The third-order valence-electron chi connectivity index (χ3n) is 4.30. The summed E-state index contributed by atoms with van der Waals surface area (Å²) in [7, 11) is 3.26. The minimum Gasteiger partial charge on any atom is -0.462 e. The maximum atomic E-state index is 12.8. The van der Waals surface area contributed by atoms with Crippen LogP contribution in [0.25, 0.3) is 0 Å². The van der Waals surface area contributed by atoms with E-state index in [0.717, 1.165) is 11.3 Å². The molecule has 2 rings (SSSR count). The van der Waals surface area contributed by atoms with Crippen LogP contribution < -0.4 is 10.6 Å². The lowest BCUT2D eigenvalue weighted by molar-refractivity contribution is -0.140. The first kappa shape index (κ1) is 21.8. The number of benzene rings is 1. The van der Waals surface area contributed by atoms with E-state index in [4.69, 9.17) is 21.7 Å². The molecule has 7 nitrogen and oxygen atoms in total. The summed E-state index contributed by atoms with van der Waals surface area (Å²) in [5.41, 5.74) is 2.63. The number of nitrogens with one attached hydrogen (secondary N) is 2. The Hall–Kier alpha value is -2.45. The Morgan fingerprint density at radius 2 is 2.07 bits per heavy atom. The van der Waals surface area contributed by atoms with Crippen LogP contribution in [0, 0.1) is 5.92 Å². The molecule has 0 radical (unpaired) electrons. The quantitative estimate of drug-likeness (QED) is 0.533. The Balaban J connectivity index is 2.36. The molecule has 2 N–H and O–H groups in total. The molecule has 0 aromatic heterocycles. The number of anilines is 1. The zero-order valence-corrected chi connectivity index (χ0v) is 17.7. The highest BCUT2D eigenvalue weighted by Crippen LogP contribution is 2.32. The van der Waals surface area contributed by atoms with E-state index in [-0.39, 0.29) is 24.4 Å². The second-order valence-electron chi connectivity index (χ2n) is 7.04. The molecule has 1 aliphatic heterocycles. The topological polar surface area (TPSA) is 79.9 Å². The number of carbonyl (C=O) groups excluding carboxylic acids is 2. The van der Waals surface area contributed by atoms with Gasteiger partial charge in [0.15, 0.2) is 5.11 Å². The van der Waals surface area contributed by atoms with E-state index >= 15 is 0 Å². The van der Waals surface area contributed by atoms with Gasteiger partial charge in [-0.3, -0.25) is 4.79 Å². The maximum absolute atomic E-state index is 12.8. The molecule has 0 bridgehead atoms. The Kier molecular flexibility index (Phi) is 7.53. The van der Waals surface area contributed by atoms with Crippen LogP contribution in [0.3, 0.4) is 0 Å². The molecule has 1 aromatic rings. The fourth-order valence-corrected chi connectivity index (χ4v) is 3.05. The number of thiocarbonyl (C=S) groups is 1. The molecule has 1 amide bonds. The van der Waals surface area contributed by atoms with Crippen LogP contribution in [0.15, 0.2) is 35.5 Å². The summed E-state index contributed by atoms with van der Waals surface area (Å²) in [4.78, 5) is 26.4. The van der Waals surface area contributed by atoms with Gasteiger partial charge in [-0.25, -0.2) is 4.79 Å². The van der Waals surface area contributed by atoms with E-state index in [1.54, 1.807) is 18.0 Å². The first-order valence-corrected chi connectivity index (χ1v) is 9.46. The lowest BCUT2D eigenvalue weighted by atomic mass is 9.94. The number of hydrogen-bond donors (Lipinski definition) is 2. The monoisotopic (exact) mass is 405 g/mol. The number of rotatable bonds is 7. The van der Waals surface area contributed by atoms with E-state index in [1.807, 2.05) is 39.0 Å². The van der Waals surface area contributed by atoms with Crippen molar-refractivity contribution in [3.63, 3.8) is 0 Å². The van der Waals surface area contributed by atoms with Crippen molar-refractivity contribution in [1.29, 1.82) is 0 Å². The van der Waals surface area contributed by atoms with E-state index in [2.05, 4.69) is 10.6 Å². The number of methoxy groups -OCH3 is 1. The minimum atomic E-state index is -0.470. The number of hydrogen-bond acceptors (Lipinski definition) is 5. The first-order valence-electron chi connectivity index (χ1n) is 9.05. The van der Waals surface area contributed by atoms with Gasteiger partial charge in [0, 0.05) is 25.5 Å². The fraction of sp³-hybridized carbons (Fsp3) is 0.450. The van der Waals surface area contributed by atoms with E-state index < -0.39 is 6.04 Å². The van der Waals surface area contributed by atoms with Crippen molar-refractivity contribution in [2.24, 2.45) is 5.92 Å². The number of amides is 1. The smallest absolute Gasteiger partial charge is 0.338 e. The Morgan fingerprint density at radius 1 is 1.36 bits per heavy atom. The summed E-state index contributed by atoms with van der Waals surface area (Å²) in [6.45, 7) is 6.11. The average molecular weight is 406 g/mol. The van der Waals surface area contributed by atoms with Crippen molar-refractivity contribution in [2.45, 2.75) is 26.8 Å². The summed E-state index contributed by atoms with van der Waals surface area (Å²) in [6.07, 6.45) is 0. The average Bonchev–Trinajstić information content (AvgIpc) is 2.64. The standard InChI is InChI=1S/C20H27N3O4S/c1-12(2)10-27-19(25)17-13(3)23(4)20(28)22-18(17)14-7-6-8-15(9-14)21-16(24)11-26-5/h6-9,12,18H,10-11H2,1-5H3,(H,21,24)(H,22,28)/t18-/m1/s1. The summed E-state index contributed by atoms with van der Waals surface area (Å²) < 4.78 is 10.3. The fourth-order valence-electron chi connectivity index (χ4n) is 2.79. The van der Waals surface area contributed by atoms with Gasteiger partial charge in [0.05, 0.1) is 18.2 Å². The number of esters is 1. The number of carbonyl (C=O) groups is 2. The van der Waals surface area contributed by atoms with Crippen molar-refractivity contribution in [1.82, 2.24) is 10.2 Å². The predicted octanol–water partition coefficient (Wildman–Crippen LogP) is 2.61. The molecule has 0 aliphatic carbocycles. The number of ether oxygens (including phenoxy) is 2. The van der Waals surface area contributed by atoms with Gasteiger partial charge in [-0.1, -0.05) is 26.0 Å². The highest BCUT2D eigenvalue weighted by molar-refractivity contribution is 7.80. The van der Waals surface area contributed by atoms with Crippen LogP contribution in [0.4, 0.5) is 5.69 Å². The van der Waals surface area contributed by atoms with Gasteiger partial charge in [-0.15, -0.1) is 0 Å². The second-order valence-corrected chi connectivity index (χ2v) is 7.43. The molecule has 152 valence electrons. The van der Waals surface area contributed by atoms with Crippen molar-refractivity contribution in [3.05, 3.63) is 41.1 Å². The van der Waals surface area contributed by atoms with E-state index in [0.29, 0.717) is 23.0 Å². The molecule has 0 unspecified atom stereocenters. The maximum Gasteiger partial charge on any atom is 0.338 e.